The maximum Gasteiger partial charge on any atom is 0.337 e. The molecule has 0 amide bonds. The molecular formula is C20H24N2O4. The number of benzene rings is 2. The molecule has 0 aliphatic heterocycles. The zero-order valence-corrected chi connectivity index (χ0v) is 15.4. The number of hydrogen-bond acceptors (Lipinski definition) is 6. The van der Waals surface area contributed by atoms with Crippen LogP contribution >= 0.6 is 0 Å². The Labute approximate surface area is 153 Å². The predicted molar refractivity (Wildman–Crippen MR) is 99.2 cm³/mol. The summed E-state index contributed by atoms with van der Waals surface area (Å²) in [5, 5.41) is 6.62. The van der Waals surface area contributed by atoms with Crippen LogP contribution in [-0.2, 0) is 9.47 Å². The lowest BCUT2D eigenvalue weighted by Crippen LogP contribution is -2.31. The highest BCUT2D eigenvalue weighted by Gasteiger charge is 2.22. The van der Waals surface area contributed by atoms with Crippen LogP contribution in [0.2, 0.25) is 0 Å². The Morgan fingerprint density at radius 3 is 1.23 bits per heavy atom. The number of likely N-dealkylation sites (N-methyl/N-ethyl adjacent to an activating group) is 2. The molecule has 0 aliphatic carbocycles. The van der Waals surface area contributed by atoms with Crippen molar-refractivity contribution in [3.05, 3.63) is 70.8 Å². The summed E-state index contributed by atoms with van der Waals surface area (Å²) in [5.74, 6) is -0.720. The molecule has 2 rings (SSSR count). The average Bonchev–Trinajstić information content (AvgIpc) is 2.71. The number of carbonyl (C=O) groups excluding carboxylic acids is 2. The molecule has 0 unspecified atom stereocenters. The van der Waals surface area contributed by atoms with Gasteiger partial charge in [-0.1, -0.05) is 24.3 Å². The third-order valence-corrected chi connectivity index (χ3v) is 4.34. The number of esters is 2. The summed E-state index contributed by atoms with van der Waals surface area (Å²) in [7, 11) is 6.49. The monoisotopic (exact) mass is 356 g/mol. The van der Waals surface area contributed by atoms with Crippen LogP contribution < -0.4 is 10.6 Å². The van der Waals surface area contributed by atoms with Gasteiger partial charge in [-0.15, -0.1) is 0 Å². The van der Waals surface area contributed by atoms with Gasteiger partial charge in [-0.2, -0.15) is 0 Å². The summed E-state index contributed by atoms with van der Waals surface area (Å²) in [5.41, 5.74) is 3.07. The minimum absolute atomic E-state index is 0.0318. The quantitative estimate of drug-likeness (QED) is 0.742. The zero-order valence-electron chi connectivity index (χ0n) is 15.4. The molecule has 0 aromatic heterocycles. The highest BCUT2D eigenvalue weighted by atomic mass is 16.5. The van der Waals surface area contributed by atoms with Gasteiger partial charge in [0.2, 0.25) is 0 Å². The smallest absolute Gasteiger partial charge is 0.337 e. The van der Waals surface area contributed by atoms with Crippen LogP contribution in [0.3, 0.4) is 0 Å². The van der Waals surface area contributed by atoms with E-state index < -0.39 is 0 Å². The topological polar surface area (TPSA) is 76.7 Å². The Kier molecular flexibility index (Phi) is 6.89. The minimum atomic E-state index is -0.360. The molecule has 0 aliphatic rings. The van der Waals surface area contributed by atoms with Gasteiger partial charge < -0.3 is 20.1 Å². The number of nitrogens with one attached hydrogen (secondary N) is 2. The fourth-order valence-corrected chi connectivity index (χ4v) is 2.94. The molecule has 0 spiro atoms. The highest BCUT2D eigenvalue weighted by Crippen LogP contribution is 2.29. The fourth-order valence-electron chi connectivity index (χ4n) is 2.94. The molecule has 6 heteroatoms. The molecule has 2 aromatic carbocycles. The van der Waals surface area contributed by atoms with Gasteiger partial charge in [-0.3, -0.25) is 0 Å². The second-order valence-electron chi connectivity index (χ2n) is 5.76. The van der Waals surface area contributed by atoms with Crippen molar-refractivity contribution >= 4 is 11.9 Å². The summed E-state index contributed by atoms with van der Waals surface area (Å²) in [6, 6.07) is 14.5. The second kappa shape index (κ2) is 9.12. The largest absolute Gasteiger partial charge is 0.465 e. The van der Waals surface area contributed by atoms with E-state index in [1.165, 1.54) is 14.2 Å². The Balaban J connectivity index is 2.28. The first-order chi connectivity index (χ1) is 12.5. The number of rotatable bonds is 7. The summed E-state index contributed by atoms with van der Waals surface area (Å²) < 4.78 is 9.47. The third-order valence-electron chi connectivity index (χ3n) is 4.34. The van der Waals surface area contributed by atoms with E-state index in [4.69, 9.17) is 9.47 Å². The van der Waals surface area contributed by atoms with E-state index in [0.717, 1.165) is 11.1 Å². The average molecular weight is 356 g/mol. The van der Waals surface area contributed by atoms with Crippen molar-refractivity contribution in [1.29, 1.82) is 0 Å². The Morgan fingerprint density at radius 2 is 1.00 bits per heavy atom. The van der Waals surface area contributed by atoms with Crippen molar-refractivity contribution < 1.29 is 19.1 Å². The van der Waals surface area contributed by atoms with Crippen molar-refractivity contribution in [2.75, 3.05) is 28.3 Å². The molecule has 0 bridgehead atoms. The van der Waals surface area contributed by atoms with Crippen molar-refractivity contribution in [3.63, 3.8) is 0 Å². The van der Waals surface area contributed by atoms with Crippen LogP contribution in [0.15, 0.2) is 48.5 Å². The number of ether oxygens (including phenoxy) is 2. The van der Waals surface area contributed by atoms with Gasteiger partial charge in [-0.25, -0.2) is 9.59 Å². The Hall–Kier alpha value is -2.70. The summed E-state index contributed by atoms with van der Waals surface area (Å²) in [6.07, 6.45) is 0. The standard InChI is InChI=1S/C20H24N2O4/c1-21-17(13-5-9-15(10-6-13)19(23)25-3)18(22-2)14-7-11-16(12-8-14)20(24)26-4/h5-12,17-18,21-22H,1-4H3/t17-,18-/m1/s1. The van der Waals surface area contributed by atoms with Gasteiger partial charge in [0.05, 0.1) is 37.4 Å². The molecule has 0 radical (unpaired) electrons. The summed E-state index contributed by atoms with van der Waals surface area (Å²) in [4.78, 5) is 23.2. The lowest BCUT2D eigenvalue weighted by atomic mass is 9.92. The van der Waals surface area contributed by atoms with Gasteiger partial charge in [0.15, 0.2) is 0 Å². The van der Waals surface area contributed by atoms with Crippen molar-refractivity contribution in [1.82, 2.24) is 10.6 Å². The van der Waals surface area contributed by atoms with E-state index in [9.17, 15) is 9.59 Å². The van der Waals surface area contributed by atoms with Gasteiger partial charge in [0, 0.05) is 0 Å². The normalized spacial score (nSPS) is 12.9. The maximum absolute atomic E-state index is 11.6. The lowest BCUT2D eigenvalue weighted by molar-refractivity contribution is 0.0592. The Morgan fingerprint density at radius 1 is 0.692 bits per heavy atom. The van der Waals surface area contributed by atoms with E-state index in [0.29, 0.717) is 11.1 Å². The van der Waals surface area contributed by atoms with Crippen LogP contribution in [0, 0.1) is 0 Å². The molecule has 0 saturated heterocycles. The first kappa shape index (κ1) is 19.6. The number of methoxy groups -OCH3 is 2. The summed E-state index contributed by atoms with van der Waals surface area (Å²) >= 11 is 0. The van der Waals surface area contributed by atoms with Crippen LogP contribution in [0.4, 0.5) is 0 Å². The van der Waals surface area contributed by atoms with Crippen LogP contribution in [-0.4, -0.2) is 40.3 Å². The second-order valence-corrected chi connectivity index (χ2v) is 5.76. The van der Waals surface area contributed by atoms with E-state index in [2.05, 4.69) is 10.6 Å². The maximum atomic E-state index is 11.6. The fraction of sp³-hybridized carbons (Fsp3) is 0.300. The van der Waals surface area contributed by atoms with Crippen molar-refractivity contribution in [2.45, 2.75) is 12.1 Å². The first-order valence-corrected chi connectivity index (χ1v) is 8.26. The highest BCUT2D eigenvalue weighted by molar-refractivity contribution is 5.89. The zero-order chi connectivity index (χ0) is 19.1. The van der Waals surface area contributed by atoms with Gasteiger partial charge in [0.1, 0.15) is 0 Å². The predicted octanol–water partition coefficient (Wildman–Crippen LogP) is 2.48. The Bertz CT molecular complexity index is 676. The first-order valence-electron chi connectivity index (χ1n) is 8.26. The minimum Gasteiger partial charge on any atom is -0.465 e. The SMILES string of the molecule is CN[C@H](c1ccc(C(=O)OC)cc1)[C@H](NC)c1ccc(C(=O)OC)cc1. The van der Waals surface area contributed by atoms with Crippen LogP contribution in [0.25, 0.3) is 0 Å². The van der Waals surface area contributed by atoms with E-state index in [-0.39, 0.29) is 24.0 Å². The molecule has 0 heterocycles. The molecule has 0 fully saturated rings. The molecular weight excluding hydrogens is 332 g/mol. The molecule has 6 nitrogen and oxygen atoms in total. The molecule has 2 aromatic rings. The van der Waals surface area contributed by atoms with E-state index in [1.54, 1.807) is 24.3 Å². The van der Waals surface area contributed by atoms with E-state index in [1.807, 2.05) is 38.4 Å². The van der Waals surface area contributed by atoms with Gasteiger partial charge in [-0.05, 0) is 49.5 Å². The molecule has 2 atom stereocenters. The van der Waals surface area contributed by atoms with Crippen LogP contribution in [0.1, 0.15) is 43.9 Å². The van der Waals surface area contributed by atoms with Crippen molar-refractivity contribution in [2.24, 2.45) is 0 Å². The van der Waals surface area contributed by atoms with Gasteiger partial charge in [0.25, 0.3) is 0 Å². The molecule has 0 saturated carbocycles. The number of hydrogen-bond donors (Lipinski definition) is 2. The molecule has 138 valence electrons. The molecule has 2 N–H and O–H groups in total. The lowest BCUT2D eigenvalue weighted by Gasteiger charge is -2.27. The number of carbonyl (C=O) groups is 2. The molecule has 26 heavy (non-hydrogen) atoms. The van der Waals surface area contributed by atoms with Crippen molar-refractivity contribution in [3.8, 4) is 0 Å². The van der Waals surface area contributed by atoms with E-state index >= 15 is 0 Å². The summed E-state index contributed by atoms with van der Waals surface area (Å²) in [6.45, 7) is 0. The van der Waals surface area contributed by atoms with Gasteiger partial charge >= 0.3 is 11.9 Å². The third kappa shape index (κ3) is 4.28. The van der Waals surface area contributed by atoms with Crippen LogP contribution in [0.5, 0.6) is 0 Å².